The Morgan fingerprint density at radius 1 is 1.29 bits per heavy atom. The minimum Gasteiger partial charge on any atom is -0.376 e. The SMILES string of the molecule is CCn1cc(S(=O)(=O)NCCNc2cc(N(C)C)cnn2)nc1C. The van der Waals surface area contributed by atoms with Crippen molar-refractivity contribution in [2.24, 2.45) is 0 Å². The fraction of sp³-hybridized carbons (Fsp3) is 0.500. The first-order chi connectivity index (χ1) is 11.3. The molecule has 0 aliphatic rings. The largest absolute Gasteiger partial charge is 0.376 e. The van der Waals surface area contributed by atoms with Crippen molar-refractivity contribution in [3.05, 3.63) is 24.3 Å². The maximum atomic E-state index is 12.2. The smallest absolute Gasteiger partial charge is 0.259 e. The zero-order chi connectivity index (χ0) is 17.7. The highest BCUT2D eigenvalue weighted by Crippen LogP contribution is 2.12. The van der Waals surface area contributed by atoms with E-state index in [1.807, 2.05) is 32.0 Å². The fourth-order valence-electron chi connectivity index (χ4n) is 2.07. The van der Waals surface area contributed by atoms with Crippen molar-refractivity contribution in [2.45, 2.75) is 25.4 Å². The first-order valence-corrected chi connectivity index (χ1v) is 9.09. The topological polar surface area (TPSA) is 105 Å². The van der Waals surface area contributed by atoms with Crippen LogP contribution in [-0.4, -0.2) is 55.4 Å². The van der Waals surface area contributed by atoms with Gasteiger partial charge in [-0.3, -0.25) is 0 Å². The van der Waals surface area contributed by atoms with E-state index < -0.39 is 10.0 Å². The zero-order valence-electron chi connectivity index (χ0n) is 14.3. The van der Waals surface area contributed by atoms with E-state index in [-0.39, 0.29) is 11.6 Å². The molecule has 132 valence electrons. The number of rotatable bonds is 8. The van der Waals surface area contributed by atoms with Gasteiger partial charge in [0.15, 0.2) is 10.8 Å². The average Bonchev–Trinajstić information content (AvgIpc) is 2.94. The minimum absolute atomic E-state index is 0.0382. The van der Waals surface area contributed by atoms with Crippen LogP contribution in [0.25, 0.3) is 0 Å². The van der Waals surface area contributed by atoms with Crippen molar-refractivity contribution >= 4 is 21.5 Å². The third-order valence-corrected chi connectivity index (χ3v) is 4.78. The molecule has 0 spiro atoms. The van der Waals surface area contributed by atoms with Gasteiger partial charge in [0.25, 0.3) is 10.0 Å². The second kappa shape index (κ2) is 7.58. The third kappa shape index (κ3) is 4.42. The second-order valence-electron chi connectivity index (χ2n) is 5.43. The Morgan fingerprint density at radius 3 is 2.67 bits per heavy atom. The highest BCUT2D eigenvalue weighted by molar-refractivity contribution is 7.89. The summed E-state index contributed by atoms with van der Waals surface area (Å²) in [6, 6.07) is 1.84. The summed E-state index contributed by atoms with van der Waals surface area (Å²) in [6.07, 6.45) is 3.19. The van der Waals surface area contributed by atoms with Crippen molar-refractivity contribution in [1.82, 2.24) is 24.5 Å². The van der Waals surface area contributed by atoms with Gasteiger partial charge in [-0.1, -0.05) is 0 Å². The predicted octanol–water partition coefficient (Wildman–Crippen LogP) is 0.458. The zero-order valence-corrected chi connectivity index (χ0v) is 15.1. The van der Waals surface area contributed by atoms with Crippen molar-refractivity contribution < 1.29 is 8.42 Å². The van der Waals surface area contributed by atoms with E-state index in [4.69, 9.17) is 0 Å². The molecule has 2 aromatic rings. The van der Waals surface area contributed by atoms with Gasteiger partial charge >= 0.3 is 0 Å². The number of nitrogens with one attached hydrogen (secondary N) is 2. The normalized spacial score (nSPS) is 11.5. The summed E-state index contributed by atoms with van der Waals surface area (Å²) in [5.41, 5.74) is 0.911. The molecule has 24 heavy (non-hydrogen) atoms. The highest BCUT2D eigenvalue weighted by atomic mass is 32.2. The van der Waals surface area contributed by atoms with E-state index in [0.29, 0.717) is 24.7 Å². The molecule has 0 radical (unpaired) electrons. The summed E-state index contributed by atoms with van der Waals surface area (Å²) < 4.78 is 28.7. The van der Waals surface area contributed by atoms with Gasteiger partial charge < -0.3 is 14.8 Å². The first-order valence-electron chi connectivity index (χ1n) is 7.61. The van der Waals surface area contributed by atoms with Crippen molar-refractivity contribution in [2.75, 3.05) is 37.4 Å². The molecule has 0 aromatic carbocycles. The molecule has 10 heteroatoms. The summed E-state index contributed by atoms with van der Waals surface area (Å²) in [6.45, 7) is 5.00. The lowest BCUT2D eigenvalue weighted by Crippen LogP contribution is -2.29. The number of imidazole rings is 1. The van der Waals surface area contributed by atoms with Gasteiger partial charge in [0.05, 0.1) is 11.9 Å². The van der Waals surface area contributed by atoms with Crippen LogP contribution >= 0.6 is 0 Å². The standard InChI is InChI=1S/C14H23N7O2S/c1-5-21-10-14(18-11(21)2)24(22,23)17-7-6-15-13-8-12(20(3)4)9-16-19-13/h8-10,17H,5-7H2,1-4H3,(H,15,19). The summed E-state index contributed by atoms with van der Waals surface area (Å²) in [7, 11) is 0.204. The molecule has 0 fully saturated rings. The van der Waals surface area contributed by atoms with Gasteiger partial charge in [-0.25, -0.2) is 18.1 Å². The molecule has 9 nitrogen and oxygen atoms in total. The Balaban J connectivity index is 1.90. The Morgan fingerprint density at radius 2 is 2.04 bits per heavy atom. The molecule has 0 saturated heterocycles. The number of aromatic nitrogens is 4. The molecule has 2 rings (SSSR count). The number of anilines is 2. The maximum Gasteiger partial charge on any atom is 0.259 e. The summed E-state index contributed by atoms with van der Waals surface area (Å²) >= 11 is 0. The van der Waals surface area contributed by atoms with Gasteiger partial charge in [0.2, 0.25) is 0 Å². The summed E-state index contributed by atoms with van der Waals surface area (Å²) in [5, 5.41) is 10.9. The molecule has 0 aliphatic heterocycles. The van der Waals surface area contributed by atoms with Gasteiger partial charge in [-0.2, -0.15) is 5.10 Å². The van der Waals surface area contributed by atoms with E-state index in [1.165, 1.54) is 6.20 Å². The van der Waals surface area contributed by atoms with Crippen molar-refractivity contribution in [1.29, 1.82) is 0 Å². The maximum absolute atomic E-state index is 12.2. The Bertz CT molecular complexity index is 786. The molecule has 0 atom stereocenters. The lowest BCUT2D eigenvalue weighted by Gasteiger charge is -2.12. The van der Waals surface area contributed by atoms with Crippen LogP contribution in [0.1, 0.15) is 12.7 Å². The molecule has 0 unspecified atom stereocenters. The van der Waals surface area contributed by atoms with Gasteiger partial charge in [-0.15, -0.1) is 5.10 Å². The summed E-state index contributed by atoms with van der Waals surface area (Å²) in [5.74, 6) is 1.26. The van der Waals surface area contributed by atoms with E-state index in [2.05, 4.69) is 25.2 Å². The third-order valence-electron chi connectivity index (χ3n) is 3.45. The lowest BCUT2D eigenvalue weighted by molar-refractivity contribution is 0.579. The fourth-order valence-corrected chi connectivity index (χ4v) is 3.10. The van der Waals surface area contributed by atoms with Crippen LogP contribution in [0, 0.1) is 6.92 Å². The molecule has 0 bridgehead atoms. The van der Waals surface area contributed by atoms with Crippen LogP contribution in [0.5, 0.6) is 0 Å². The first kappa shape index (κ1) is 18.1. The number of nitrogens with zero attached hydrogens (tertiary/aromatic N) is 5. The summed E-state index contributed by atoms with van der Waals surface area (Å²) in [4.78, 5) is 6.00. The predicted molar refractivity (Wildman–Crippen MR) is 92.7 cm³/mol. The van der Waals surface area contributed by atoms with Crippen LogP contribution in [0.3, 0.4) is 0 Å². The molecular weight excluding hydrogens is 330 g/mol. The van der Waals surface area contributed by atoms with Crippen LogP contribution in [-0.2, 0) is 16.6 Å². The van der Waals surface area contributed by atoms with E-state index in [9.17, 15) is 8.42 Å². The molecule has 2 N–H and O–H groups in total. The molecule has 0 amide bonds. The number of hydrogen-bond donors (Lipinski definition) is 2. The van der Waals surface area contributed by atoms with E-state index >= 15 is 0 Å². The Labute approximate surface area is 142 Å². The lowest BCUT2D eigenvalue weighted by atomic mass is 10.4. The highest BCUT2D eigenvalue weighted by Gasteiger charge is 2.18. The Hall–Kier alpha value is -2.20. The van der Waals surface area contributed by atoms with Crippen LogP contribution in [0.2, 0.25) is 0 Å². The minimum atomic E-state index is -3.61. The quantitative estimate of drug-likeness (QED) is 0.664. The van der Waals surface area contributed by atoms with Gasteiger partial charge in [0, 0.05) is 46.0 Å². The van der Waals surface area contributed by atoms with Crippen LogP contribution < -0.4 is 14.9 Å². The number of sulfonamides is 1. The van der Waals surface area contributed by atoms with E-state index in [1.54, 1.807) is 17.7 Å². The molecule has 0 saturated carbocycles. The molecule has 2 aromatic heterocycles. The number of hydrogen-bond acceptors (Lipinski definition) is 7. The number of aryl methyl sites for hydroxylation is 2. The van der Waals surface area contributed by atoms with E-state index in [0.717, 1.165) is 5.69 Å². The molecule has 2 heterocycles. The second-order valence-corrected chi connectivity index (χ2v) is 7.14. The van der Waals surface area contributed by atoms with Crippen molar-refractivity contribution in [3.63, 3.8) is 0 Å². The Kier molecular flexibility index (Phi) is 5.73. The molecule has 0 aliphatic carbocycles. The van der Waals surface area contributed by atoms with Gasteiger partial charge in [-0.05, 0) is 13.8 Å². The average molecular weight is 353 g/mol. The van der Waals surface area contributed by atoms with Crippen LogP contribution in [0.4, 0.5) is 11.5 Å². The monoisotopic (exact) mass is 353 g/mol. The molecular formula is C14H23N7O2S. The van der Waals surface area contributed by atoms with Crippen LogP contribution in [0.15, 0.2) is 23.5 Å². The van der Waals surface area contributed by atoms with Crippen molar-refractivity contribution in [3.8, 4) is 0 Å². The van der Waals surface area contributed by atoms with Gasteiger partial charge in [0.1, 0.15) is 5.82 Å².